The number of aromatic nitrogens is 2. The van der Waals surface area contributed by atoms with Gasteiger partial charge in [-0.1, -0.05) is 0 Å². The predicted octanol–water partition coefficient (Wildman–Crippen LogP) is 2.80. The highest BCUT2D eigenvalue weighted by molar-refractivity contribution is 9.10. The molecule has 0 aliphatic rings. The molecule has 0 bridgehead atoms. The van der Waals surface area contributed by atoms with Crippen molar-refractivity contribution in [2.24, 2.45) is 7.05 Å². The van der Waals surface area contributed by atoms with Gasteiger partial charge in [0, 0.05) is 11.5 Å². The van der Waals surface area contributed by atoms with Crippen LogP contribution in [0.1, 0.15) is 21.6 Å². The van der Waals surface area contributed by atoms with Crippen molar-refractivity contribution < 1.29 is 9.90 Å². The third kappa shape index (κ3) is 2.51. The van der Waals surface area contributed by atoms with Gasteiger partial charge in [-0.2, -0.15) is 10.4 Å². The zero-order valence-corrected chi connectivity index (χ0v) is 12.4. The van der Waals surface area contributed by atoms with Crippen molar-refractivity contribution in [3.8, 4) is 6.07 Å². The highest BCUT2D eigenvalue weighted by atomic mass is 79.9. The molecule has 2 N–H and O–H groups in total. The Morgan fingerprint density at radius 2 is 2.25 bits per heavy atom. The van der Waals surface area contributed by atoms with Crippen molar-refractivity contribution in [2.75, 3.05) is 5.32 Å². The third-order valence-electron chi connectivity index (χ3n) is 2.80. The summed E-state index contributed by atoms with van der Waals surface area (Å²) in [6, 6.07) is 6.73. The number of nitriles is 1. The number of hydrogen-bond acceptors (Lipinski definition) is 4. The Balaban J connectivity index is 2.41. The first kappa shape index (κ1) is 14.1. The average Bonchev–Trinajstić information content (AvgIpc) is 2.65. The van der Waals surface area contributed by atoms with E-state index in [4.69, 9.17) is 10.4 Å². The summed E-state index contributed by atoms with van der Waals surface area (Å²) >= 11 is 3.31. The SMILES string of the molecule is Cc1nn(C)c(Nc2ccc(C(=O)O)cc2Br)c1C#N. The van der Waals surface area contributed by atoms with Gasteiger partial charge >= 0.3 is 5.97 Å². The van der Waals surface area contributed by atoms with Crippen LogP contribution < -0.4 is 5.32 Å². The van der Waals surface area contributed by atoms with Crippen LogP contribution in [0.5, 0.6) is 0 Å². The first-order valence-electron chi connectivity index (χ1n) is 5.67. The number of carbonyl (C=O) groups is 1. The van der Waals surface area contributed by atoms with Gasteiger partial charge in [0.05, 0.1) is 16.9 Å². The van der Waals surface area contributed by atoms with E-state index in [1.54, 1.807) is 24.7 Å². The molecule has 0 aliphatic carbocycles. The van der Waals surface area contributed by atoms with E-state index in [2.05, 4.69) is 32.4 Å². The molecule has 0 aliphatic heterocycles. The van der Waals surface area contributed by atoms with Crippen molar-refractivity contribution in [3.63, 3.8) is 0 Å². The van der Waals surface area contributed by atoms with Gasteiger partial charge in [-0.25, -0.2) is 4.79 Å². The lowest BCUT2D eigenvalue weighted by Gasteiger charge is -2.09. The first-order chi connectivity index (χ1) is 9.43. The Bertz CT molecular complexity index is 731. The van der Waals surface area contributed by atoms with Crippen molar-refractivity contribution in [1.29, 1.82) is 5.26 Å². The Morgan fingerprint density at radius 1 is 1.55 bits per heavy atom. The summed E-state index contributed by atoms with van der Waals surface area (Å²) in [6.45, 7) is 1.76. The monoisotopic (exact) mass is 334 g/mol. The third-order valence-corrected chi connectivity index (χ3v) is 3.46. The molecule has 1 heterocycles. The number of carboxylic acid groups (broad SMARTS) is 1. The molecule has 20 heavy (non-hydrogen) atoms. The molecule has 6 nitrogen and oxygen atoms in total. The topological polar surface area (TPSA) is 90.9 Å². The second kappa shape index (κ2) is 5.35. The molecule has 0 saturated heterocycles. The minimum absolute atomic E-state index is 0.184. The predicted molar refractivity (Wildman–Crippen MR) is 77.0 cm³/mol. The molecule has 102 valence electrons. The number of rotatable bonds is 3. The zero-order chi connectivity index (χ0) is 14.9. The molecule has 2 aromatic rings. The van der Waals surface area contributed by atoms with Crippen LogP contribution in [-0.4, -0.2) is 20.9 Å². The summed E-state index contributed by atoms with van der Waals surface area (Å²) in [5, 5.41) is 25.3. The van der Waals surface area contributed by atoms with E-state index in [1.165, 1.54) is 12.1 Å². The molecule has 0 radical (unpaired) electrons. The van der Waals surface area contributed by atoms with Crippen molar-refractivity contribution in [3.05, 3.63) is 39.5 Å². The molecule has 0 fully saturated rings. The number of anilines is 2. The molecule has 0 unspecified atom stereocenters. The molecular formula is C13H11BrN4O2. The fourth-order valence-electron chi connectivity index (χ4n) is 1.81. The number of nitrogens with zero attached hydrogens (tertiary/aromatic N) is 3. The van der Waals surface area contributed by atoms with Gasteiger partial charge in [0.25, 0.3) is 0 Å². The Kier molecular flexibility index (Phi) is 3.77. The summed E-state index contributed by atoms with van der Waals surface area (Å²) in [6.07, 6.45) is 0. The standard InChI is InChI=1S/C13H11BrN4O2/c1-7-9(6-15)12(18(2)17-7)16-11-4-3-8(13(19)20)5-10(11)14/h3-5,16H,1-2H3,(H,19,20). The smallest absolute Gasteiger partial charge is 0.335 e. The van der Waals surface area contributed by atoms with Crippen LogP contribution in [0.2, 0.25) is 0 Å². The van der Waals surface area contributed by atoms with Crippen LogP contribution in [0.15, 0.2) is 22.7 Å². The maximum absolute atomic E-state index is 10.9. The Labute approximate surface area is 123 Å². The van der Waals surface area contributed by atoms with E-state index < -0.39 is 5.97 Å². The van der Waals surface area contributed by atoms with Crippen molar-refractivity contribution >= 4 is 33.4 Å². The van der Waals surface area contributed by atoms with Crippen LogP contribution in [0.25, 0.3) is 0 Å². The molecule has 2 rings (SSSR count). The van der Waals surface area contributed by atoms with Gasteiger partial charge < -0.3 is 10.4 Å². The van der Waals surface area contributed by atoms with Crippen molar-refractivity contribution in [2.45, 2.75) is 6.92 Å². The number of carboxylic acids is 1. The number of hydrogen-bond donors (Lipinski definition) is 2. The minimum Gasteiger partial charge on any atom is -0.478 e. The molecule has 0 amide bonds. The molecule has 0 spiro atoms. The quantitative estimate of drug-likeness (QED) is 0.900. The number of halogens is 1. The van der Waals surface area contributed by atoms with Gasteiger partial charge in [-0.05, 0) is 41.1 Å². The average molecular weight is 335 g/mol. The lowest BCUT2D eigenvalue weighted by atomic mass is 10.2. The second-order valence-electron chi connectivity index (χ2n) is 4.17. The number of nitrogens with one attached hydrogen (secondary N) is 1. The number of aromatic carboxylic acids is 1. The lowest BCUT2D eigenvalue weighted by molar-refractivity contribution is 0.0697. The fraction of sp³-hybridized carbons (Fsp3) is 0.154. The number of aryl methyl sites for hydroxylation is 2. The first-order valence-corrected chi connectivity index (χ1v) is 6.47. The minimum atomic E-state index is -0.994. The van der Waals surface area contributed by atoms with Crippen LogP contribution in [0, 0.1) is 18.3 Å². The Hall–Kier alpha value is -2.33. The van der Waals surface area contributed by atoms with Gasteiger partial charge in [0.2, 0.25) is 0 Å². The van der Waals surface area contributed by atoms with E-state index in [0.717, 1.165) is 0 Å². The second-order valence-corrected chi connectivity index (χ2v) is 5.02. The summed E-state index contributed by atoms with van der Waals surface area (Å²) in [4.78, 5) is 10.9. The summed E-state index contributed by atoms with van der Waals surface area (Å²) < 4.78 is 2.17. The molecular weight excluding hydrogens is 324 g/mol. The maximum atomic E-state index is 10.9. The van der Waals surface area contributed by atoms with Crippen LogP contribution in [0.3, 0.4) is 0 Å². The van der Waals surface area contributed by atoms with Gasteiger partial charge in [-0.15, -0.1) is 0 Å². The zero-order valence-electron chi connectivity index (χ0n) is 10.8. The molecule has 0 atom stereocenters. The molecule has 7 heteroatoms. The van der Waals surface area contributed by atoms with Crippen LogP contribution in [-0.2, 0) is 7.05 Å². The summed E-state index contributed by atoms with van der Waals surface area (Å²) in [5.74, 6) is -0.430. The summed E-state index contributed by atoms with van der Waals surface area (Å²) in [5.41, 5.74) is 1.94. The van der Waals surface area contributed by atoms with Crippen molar-refractivity contribution in [1.82, 2.24) is 9.78 Å². The van der Waals surface area contributed by atoms with E-state index in [0.29, 0.717) is 27.2 Å². The lowest BCUT2D eigenvalue weighted by Crippen LogP contribution is -2.02. The highest BCUT2D eigenvalue weighted by Gasteiger charge is 2.14. The Morgan fingerprint density at radius 3 is 2.80 bits per heavy atom. The summed E-state index contributed by atoms with van der Waals surface area (Å²) in [7, 11) is 1.73. The van der Waals surface area contributed by atoms with E-state index >= 15 is 0 Å². The van der Waals surface area contributed by atoms with Crippen LogP contribution in [0.4, 0.5) is 11.5 Å². The largest absolute Gasteiger partial charge is 0.478 e. The van der Waals surface area contributed by atoms with E-state index in [1.807, 2.05) is 0 Å². The highest BCUT2D eigenvalue weighted by Crippen LogP contribution is 2.29. The van der Waals surface area contributed by atoms with Gasteiger partial charge in [0.15, 0.2) is 0 Å². The van der Waals surface area contributed by atoms with E-state index in [-0.39, 0.29) is 5.56 Å². The molecule has 1 aromatic heterocycles. The van der Waals surface area contributed by atoms with Gasteiger partial charge in [-0.3, -0.25) is 4.68 Å². The van der Waals surface area contributed by atoms with E-state index in [9.17, 15) is 4.79 Å². The maximum Gasteiger partial charge on any atom is 0.335 e. The normalized spacial score (nSPS) is 10.1. The number of benzene rings is 1. The van der Waals surface area contributed by atoms with Gasteiger partial charge in [0.1, 0.15) is 17.5 Å². The molecule has 0 saturated carbocycles. The molecule has 1 aromatic carbocycles. The fourth-order valence-corrected chi connectivity index (χ4v) is 2.29. The van der Waals surface area contributed by atoms with Crippen LogP contribution >= 0.6 is 15.9 Å².